The minimum absolute atomic E-state index is 0.0363. The third kappa shape index (κ3) is 3.23. The second-order valence-corrected chi connectivity index (χ2v) is 3.22. The topological polar surface area (TPSA) is 35.5 Å². The van der Waals surface area contributed by atoms with Gasteiger partial charge < -0.3 is 9.47 Å². The van der Waals surface area contributed by atoms with E-state index >= 15 is 0 Å². The maximum atomic E-state index is 12.2. The lowest BCUT2D eigenvalue weighted by molar-refractivity contribution is -0.289. The van der Waals surface area contributed by atoms with E-state index in [-0.39, 0.29) is 19.6 Å². The van der Waals surface area contributed by atoms with Gasteiger partial charge in [0.05, 0.1) is 13.2 Å². The van der Waals surface area contributed by atoms with Crippen molar-refractivity contribution in [3.8, 4) is 0 Å². The van der Waals surface area contributed by atoms with E-state index < -0.39 is 24.2 Å². The molecule has 1 aliphatic heterocycles. The molecule has 1 rings (SSSR count). The predicted molar refractivity (Wildman–Crippen MR) is 45.1 cm³/mol. The van der Waals surface area contributed by atoms with Crippen LogP contribution in [0.2, 0.25) is 0 Å². The van der Waals surface area contributed by atoms with E-state index in [1.54, 1.807) is 0 Å². The van der Waals surface area contributed by atoms with Crippen LogP contribution in [0.25, 0.3) is 0 Å². The van der Waals surface area contributed by atoms with Crippen molar-refractivity contribution < 1.29 is 27.4 Å². The first-order chi connectivity index (χ1) is 6.95. The zero-order chi connectivity index (χ0) is 11.5. The van der Waals surface area contributed by atoms with Gasteiger partial charge in [0.1, 0.15) is 0 Å². The molecule has 2 atom stereocenters. The summed E-state index contributed by atoms with van der Waals surface area (Å²) < 4.78 is 45.4. The molecule has 0 radical (unpaired) electrons. The number of hydrogen-bond donors (Lipinski definition) is 0. The van der Waals surface area contributed by atoms with E-state index in [4.69, 9.17) is 0 Å². The number of halogens is 3. The van der Waals surface area contributed by atoms with Crippen molar-refractivity contribution in [3.05, 3.63) is 12.7 Å². The molecule has 0 saturated carbocycles. The van der Waals surface area contributed by atoms with E-state index in [0.717, 1.165) is 6.08 Å². The van der Waals surface area contributed by atoms with E-state index in [0.29, 0.717) is 0 Å². The Morgan fingerprint density at radius 3 is 2.67 bits per heavy atom. The second-order valence-electron chi connectivity index (χ2n) is 3.22. The molecule has 0 aromatic heterocycles. The summed E-state index contributed by atoms with van der Waals surface area (Å²) in [7, 11) is 0. The monoisotopic (exact) mass is 224 g/mol. The summed E-state index contributed by atoms with van der Waals surface area (Å²) >= 11 is 0. The fraction of sp³-hybridized carbons (Fsp3) is 0.667. The number of carbonyl (C=O) groups excluding carboxylic acids is 1. The van der Waals surface area contributed by atoms with Crippen LogP contribution in [0.1, 0.15) is 6.42 Å². The minimum atomic E-state index is -4.33. The highest BCUT2D eigenvalue weighted by atomic mass is 19.4. The Kier molecular flexibility index (Phi) is 3.73. The molecule has 1 saturated heterocycles. The van der Waals surface area contributed by atoms with Crippen LogP contribution < -0.4 is 0 Å². The number of rotatable bonds is 4. The molecule has 2 unspecified atom stereocenters. The van der Waals surface area contributed by atoms with Gasteiger partial charge in [-0.05, 0) is 6.42 Å². The normalized spacial score (nSPS) is 25.5. The van der Waals surface area contributed by atoms with Gasteiger partial charge in [-0.3, -0.25) is 0 Å². The highest BCUT2D eigenvalue weighted by Gasteiger charge is 2.51. The van der Waals surface area contributed by atoms with Crippen LogP contribution in [0.3, 0.4) is 0 Å². The Bertz CT molecular complexity index is 249. The molecule has 0 amide bonds. The zero-order valence-corrected chi connectivity index (χ0v) is 7.92. The summed E-state index contributed by atoms with van der Waals surface area (Å²) in [6, 6.07) is 0. The molecule has 0 aliphatic carbocycles. The molecule has 86 valence electrons. The highest BCUT2D eigenvalue weighted by molar-refractivity contribution is 5.81. The fourth-order valence-corrected chi connectivity index (χ4v) is 1.29. The second kappa shape index (κ2) is 4.65. The Morgan fingerprint density at radius 2 is 2.27 bits per heavy atom. The smallest absolute Gasteiger partial charge is 0.414 e. The van der Waals surface area contributed by atoms with Gasteiger partial charge in [-0.25, -0.2) is 4.79 Å². The Hall–Kier alpha value is -1.04. The van der Waals surface area contributed by atoms with E-state index in [2.05, 4.69) is 16.1 Å². The van der Waals surface area contributed by atoms with Gasteiger partial charge in [-0.2, -0.15) is 13.2 Å². The molecule has 3 nitrogen and oxygen atoms in total. The fourth-order valence-electron chi connectivity index (χ4n) is 1.29. The maximum Gasteiger partial charge on any atom is 0.414 e. The third-order valence-corrected chi connectivity index (χ3v) is 2.14. The Balaban J connectivity index is 2.23. The first kappa shape index (κ1) is 12.0. The van der Waals surface area contributed by atoms with Gasteiger partial charge in [0.15, 0.2) is 6.10 Å². The van der Waals surface area contributed by atoms with Gasteiger partial charge >= 0.3 is 12.1 Å². The summed E-state index contributed by atoms with van der Waals surface area (Å²) in [5.74, 6) is -1.23. The molecule has 1 aliphatic rings. The van der Waals surface area contributed by atoms with Gasteiger partial charge in [-0.1, -0.05) is 6.58 Å². The third-order valence-electron chi connectivity index (χ3n) is 2.14. The summed E-state index contributed by atoms with van der Waals surface area (Å²) in [5.41, 5.74) is 0. The number of esters is 1. The van der Waals surface area contributed by atoms with Crippen molar-refractivity contribution in [1.29, 1.82) is 0 Å². The van der Waals surface area contributed by atoms with Crippen molar-refractivity contribution in [2.45, 2.75) is 18.7 Å². The average molecular weight is 224 g/mol. The predicted octanol–water partition coefficient (Wildman–Crippen LogP) is 1.68. The van der Waals surface area contributed by atoms with Crippen LogP contribution in [0.5, 0.6) is 0 Å². The molecule has 0 spiro atoms. The van der Waals surface area contributed by atoms with Crippen molar-refractivity contribution >= 4 is 5.97 Å². The first-order valence-electron chi connectivity index (χ1n) is 4.42. The van der Waals surface area contributed by atoms with E-state index in [1.165, 1.54) is 0 Å². The molecule has 0 bridgehead atoms. The summed E-state index contributed by atoms with van der Waals surface area (Å²) in [4.78, 5) is 10.6. The molecule has 15 heavy (non-hydrogen) atoms. The zero-order valence-electron chi connectivity index (χ0n) is 7.92. The first-order valence-corrected chi connectivity index (χ1v) is 4.42. The molecule has 0 aromatic carbocycles. The number of ether oxygens (including phenoxy) is 2. The van der Waals surface area contributed by atoms with Crippen LogP contribution in [0.15, 0.2) is 12.7 Å². The van der Waals surface area contributed by atoms with Gasteiger partial charge in [-0.15, -0.1) is 0 Å². The number of alkyl halides is 3. The lowest BCUT2D eigenvalue weighted by atomic mass is 9.94. The summed E-state index contributed by atoms with van der Waals surface area (Å²) in [5, 5.41) is 0. The lowest BCUT2D eigenvalue weighted by Gasteiger charge is -2.37. The Morgan fingerprint density at radius 1 is 1.60 bits per heavy atom. The van der Waals surface area contributed by atoms with Crippen molar-refractivity contribution in [3.63, 3.8) is 0 Å². The van der Waals surface area contributed by atoms with Gasteiger partial charge in [0, 0.05) is 12.0 Å². The van der Waals surface area contributed by atoms with Crippen molar-refractivity contribution in [2.24, 2.45) is 5.92 Å². The molecular formula is C9H11F3O3. The molecular weight excluding hydrogens is 213 g/mol. The van der Waals surface area contributed by atoms with Crippen molar-refractivity contribution in [1.82, 2.24) is 0 Å². The maximum absolute atomic E-state index is 12.2. The molecule has 0 aromatic rings. The molecule has 1 fully saturated rings. The SMILES string of the molecule is C=CC(=O)OCCC1COC1C(F)(F)F. The molecule has 1 heterocycles. The van der Waals surface area contributed by atoms with E-state index in [9.17, 15) is 18.0 Å². The molecule has 0 N–H and O–H groups in total. The summed E-state index contributed by atoms with van der Waals surface area (Å²) in [6.07, 6.45) is -4.91. The van der Waals surface area contributed by atoms with Crippen LogP contribution in [0, 0.1) is 5.92 Å². The van der Waals surface area contributed by atoms with Crippen LogP contribution >= 0.6 is 0 Å². The Labute approximate surface area is 84.8 Å². The summed E-state index contributed by atoms with van der Waals surface area (Å²) in [6.45, 7) is 3.20. The average Bonchev–Trinajstić information content (AvgIpc) is 2.06. The van der Waals surface area contributed by atoms with Crippen LogP contribution in [-0.2, 0) is 14.3 Å². The number of carbonyl (C=O) groups is 1. The van der Waals surface area contributed by atoms with Crippen LogP contribution in [-0.4, -0.2) is 31.5 Å². The van der Waals surface area contributed by atoms with Gasteiger partial charge in [0.2, 0.25) is 0 Å². The van der Waals surface area contributed by atoms with E-state index in [1.807, 2.05) is 0 Å². The standard InChI is InChI=1S/C9H11F3O3/c1-2-7(13)14-4-3-6-5-15-8(6)9(10,11)12/h2,6,8H,1,3-5H2. The highest BCUT2D eigenvalue weighted by Crippen LogP contribution is 2.36. The van der Waals surface area contributed by atoms with Crippen molar-refractivity contribution in [2.75, 3.05) is 13.2 Å². The van der Waals surface area contributed by atoms with Gasteiger partial charge in [0.25, 0.3) is 0 Å². The largest absolute Gasteiger partial charge is 0.463 e. The minimum Gasteiger partial charge on any atom is -0.463 e. The molecule has 6 heteroatoms. The lowest BCUT2D eigenvalue weighted by Crippen LogP contribution is -2.50. The quantitative estimate of drug-likeness (QED) is 0.538. The van der Waals surface area contributed by atoms with Crippen LogP contribution in [0.4, 0.5) is 13.2 Å². The number of hydrogen-bond acceptors (Lipinski definition) is 3.